The van der Waals surface area contributed by atoms with Gasteiger partial charge in [0.15, 0.2) is 4.77 Å². The minimum atomic E-state index is -3.68. The normalized spacial score (nSPS) is 18.9. The van der Waals surface area contributed by atoms with Crippen molar-refractivity contribution in [2.75, 3.05) is 26.2 Å². The van der Waals surface area contributed by atoms with Crippen LogP contribution in [0.5, 0.6) is 0 Å². The number of benzene rings is 1. The van der Waals surface area contributed by atoms with E-state index in [-0.39, 0.29) is 10.5 Å². The lowest BCUT2D eigenvalue weighted by Gasteiger charge is -2.33. The van der Waals surface area contributed by atoms with Crippen molar-refractivity contribution in [3.8, 4) is 6.07 Å². The van der Waals surface area contributed by atoms with Gasteiger partial charge in [-0.05, 0) is 37.2 Å². The first-order valence-electron chi connectivity index (χ1n) is 9.27. The van der Waals surface area contributed by atoms with Gasteiger partial charge in [0.05, 0.1) is 17.1 Å². The van der Waals surface area contributed by atoms with Crippen molar-refractivity contribution in [3.63, 3.8) is 0 Å². The van der Waals surface area contributed by atoms with Gasteiger partial charge >= 0.3 is 0 Å². The maximum absolute atomic E-state index is 12.9. The van der Waals surface area contributed by atoms with Gasteiger partial charge in [-0.1, -0.05) is 12.1 Å². The third kappa shape index (κ3) is 3.51. The quantitative estimate of drug-likeness (QED) is 0.687. The Morgan fingerprint density at radius 2 is 1.89 bits per heavy atom. The molecule has 0 atom stereocenters. The van der Waals surface area contributed by atoms with Crippen LogP contribution in [0.4, 0.5) is 0 Å². The second-order valence-corrected chi connectivity index (χ2v) is 9.52. The molecule has 1 aromatic carbocycles. The van der Waals surface area contributed by atoms with Crippen molar-refractivity contribution >= 4 is 22.2 Å². The highest BCUT2D eigenvalue weighted by Gasteiger charge is 2.32. The third-order valence-corrected chi connectivity index (χ3v) is 7.75. The second-order valence-electron chi connectivity index (χ2n) is 7.25. The summed E-state index contributed by atoms with van der Waals surface area (Å²) in [5, 5.41) is 13.9. The molecule has 1 aliphatic heterocycles. The molecule has 0 unspecified atom stereocenters. The van der Waals surface area contributed by atoms with Crippen molar-refractivity contribution in [1.29, 1.82) is 5.26 Å². The minimum Gasteiger partial charge on any atom is -0.307 e. The summed E-state index contributed by atoms with van der Waals surface area (Å²) in [6, 6.07) is 8.30. The van der Waals surface area contributed by atoms with E-state index in [2.05, 4.69) is 10.00 Å². The SMILES string of the molecule is Cn1c(C2CC2)nn(CN2CCN(S(=O)(=O)c3ccccc3C#N)CC2)c1=S. The molecule has 2 aliphatic rings. The fourth-order valence-electron chi connectivity index (χ4n) is 3.52. The van der Waals surface area contributed by atoms with Crippen LogP contribution in [0.1, 0.15) is 30.1 Å². The zero-order valence-electron chi connectivity index (χ0n) is 15.7. The van der Waals surface area contributed by atoms with Crippen molar-refractivity contribution in [2.24, 2.45) is 7.05 Å². The fourth-order valence-corrected chi connectivity index (χ4v) is 5.27. The van der Waals surface area contributed by atoms with E-state index in [1.54, 1.807) is 12.1 Å². The smallest absolute Gasteiger partial charge is 0.244 e. The highest BCUT2D eigenvalue weighted by Crippen LogP contribution is 2.38. The molecule has 0 spiro atoms. The molecule has 0 N–H and O–H groups in total. The lowest BCUT2D eigenvalue weighted by Crippen LogP contribution is -2.49. The molecular formula is C18H22N6O2S2. The van der Waals surface area contributed by atoms with E-state index < -0.39 is 10.0 Å². The lowest BCUT2D eigenvalue weighted by atomic mass is 10.2. The number of hydrogen-bond acceptors (Lipinski definition) is 6. The summed E-state index contributed by atoms with van der Waals surface area (Å²) in [7, 11) is -1.72. The molecule has 0 bridgehead atoms. The largest absolute Gasteiger partial charge is 0.307 e. The van der Waals surface area contributed by atoms with E-state index in [1.165, 1.54) is 29.3 Å². The summed E-state index contributed by atoms with van der Waals surface area (Å²) in [6.07, 6.45) is 2.33. The van der Waals surface area contributed by atoms with Gasteiger partial charge < -0.3 is 4.57 Å². The van der Waals surface area contributed by atoms with E-state index in [9.17, 15) is 13.7 Å². The molecule has 148 valence electrons. The highest BCUT2D eigenvalue weighted by molar-refractivity contribution is 7.89. The first-order chi connectivity index (χ1) is 13.4. The average molecular weight is 419 g/mol. The van der Waals surface area contributed by atoms with Crippen LogP contribution in [-0.4, -0.2) is 58.1 Å². The Balaban J connectivity index is 1.44. The highest BCUT2D eigenvalue weighted by atomic mass is 32.2. The van der Waals surface area contributed by atoms with Crippen molar-refractivity contribution in [2.45, 2.75) is 30.3 Å². The van der Waals surface area contributed by atoms with E-state index in [1.807, 2.05) is 22.4 Å². The van der Waals surface area contributed by atoms with Gasteiger partial charge in [-0.15, -0.1) is 0 Å². The van der Waals surface area contributed by atoms with Crippen molar-refractivity contribution in [1.82, 2.24) is 23.6 Å². The molecule has 1 saturated heterocycles. The van der Waals surface area contributed by atoms with E-state index in [0.29, 0.717) is 43.5 Å². The molecule has 4 rings (SSSR count). The predicted octanol–water partition coefficient (Wildman–Crippen LogP) is 1.66. The number of sulfonamides is 1. The third-order valence-electron chi connectivity index (χ3n) is 5.31. The summed E-state index contributed by atoms with van der Waals surface area (Å²) >= 11 is 5.50. The summed E-state index contributed by atoms with van der Waals surface area (Å²) in [5.41, 5.74) is 0.178. The Morgan fingerprint density at radius 1 is 1.21 bits per heavy atom. The van der Waals surface area contributed by atoms with Crippen LogP contribution >= 0.6 is 12.2 Å². The van der Waals surface area contributed by atoms with E-state index in [4.69, 9.17) is 12.2 Å². The fraction of sp³-hybridized carbons (Fsp3) is 0.500. The van der Waals surface area contributed by atoms with Crippen LogP contribution in [0.3, 0.4) is 0 Å². The van der Waals surface area contributed by atoms with E-state index >= 15 is 0 Å². The molecule has 2 heterocycles. The van der Waals surface area contributed by atoms with Crippen LogP contribution in [0.2, 0.25) is 0 Å². The molecule has 1 saturated carbocycles. The van der Waals surface area contributed by atoms with Crippen LogP contribution in [0, 0.1) is 16.1 Å². The Kier molecular flexibility index (Phi) is 5.09. The molecule has 0 radical (unpaired) electrons. The van der Waals surface area contributed by atoms with Crippen molar-refractivity contribution < 1.29 is 8.42 Å². The Hall–Kier alpha value is -2.06. The number of rotatable bonds is 5. The van der Waals surface area contributed by atoms with Gasteiger partial charge in [-0.2, -0.15) is 14.7 Å². The summed E-state index contributed by atoms with van der Waals surface area (Å²) < 4.78 is 31.8. The maximum Gasteiger partial charge on any atom is 0.244 e. The maximum atomic E-state index is 12.9. The molecule has 0 amide bonds. The lowest BCUT2D eigenvalue weighted by molar-refractivity contribution is 0.144. The number of nitriles is 1. The van der Waals surface area contributed by atoms with Crippen molar-refractivity contribution in [3.05, 3.63) is 40.4 Å². The van der Waals surface area contributed by atoms with Gasteiger partial charge in [0, 0.05) is 39.1 Å². The predicted molar refractivity (Wildman–Crippen MR) is 105 cm³/mol. The summed E-state index contributed by atoms with van der Waals surface area (Å²) in [5.74, 6) is 1.56. The number of piperazine rings is 1. The van der Waals surface area contributed by atoms with Crippen LogP contribution in [0.25, 0.3) is 0 Å². The molecular weight excluding hydrogens is 396 g/mol. The second kappa shape index (κ2) is 7.40. The monoisotopic (exact) mass is 418 g/mol. The molecule has 2 fully saturated rings. The molecule has 8 nitrogen and oxygen atoms in total. The first-order valence-corrected chi connectivity index (χ1v) is 11.1. The molecule has 1 aromatic heterocycles. The zero-order valence-corrected chi connectivity index (χ0v) is 17.3. The standard InChI is InChI=1S/C18H22N6O2S2/c1-21-17(14-6-7-14)20-24(18(21)27)13-22-8-10-23(11-9-22)28(25,26)16-5-3-2-4-15(16)12-19/h2-5,14H,6-11,13H2,1H3. The van der Waals surface area contributed by atoms with Gasteiger partial charge in [0.25, 0.3) is 0 Å². The molecule has 1 aliphatic carbocycles. The number of aromatic nitrogens is 3. The Bertz CT molecular complexity index is 1090. The first kappa shape index (κ1) is 19.3. The van der Waals surface area contributed by atoms with Crippen LogP contribution < -0.4 is 0 Å². The zero-order chi connectivity index (χ0) is 19.9. The minimum absolute atomic E-state index is 0.0759. The van der Waals surface area contributed by atoms with E-state index in [0.717, 1.165) is 5.82 Å². The molecule has 10 heteroatoms. The van der Waals surface area contributed by atoms with Gasteiger partial charge in [0.2, 0.25) is 10.0 Å². The summed E-state index contributed by atoms with van der Waals surface area (Å²) in [6.45, 7) is 2.48. The van der Waals surface area contributed by atoms with Crippen LogP contribution in [-0.2, 0) is 23.7 Å². The Labute approximate surface area is 169 Å². The van der Waals surface area contributed by atoms with Crippen LogP contribution in [0.15, 0.2) is 29.2 Å². The average Bonchev–Trinajstić information content (AvgIpc) is 3.51. The molecule has 28 heavy (non-hydrogen) atoms. The van der Waals surface area contributed by atoms with Gasteiger partial charge in [-0.3, -0.25) is 4.90 Å². The number of hydrogen-bond donors (Lipinski definition) is 0. The number of nitrogens with zero attached hydrogens (tertiary/aromatic N) is 6. The molecule has 2 aromatic rings. The van der Waals surface area contributed by atoms with Gasteiger partial charge in [-0.25, -0.2) is 13.1 Å². The van der Waals surface area contributed by atoms with Gasteiger partial charge in [0.1, 0.15) is 11.9 Å². The topological polar surface area (TPSA) is 87.2 Å². The Morgan fingerprint density at radius 3 is 2.54 bits per heavy atom. The summed E-state index contributed by atoms with van der Waals surface area (Å²) in [4.78, 5) is 2.23.